The minimum absolute atomic E-state index is 0.00176. The summed E-state index contributed by atoms with van der Waals surface area (Å²) in [4.78, 5) is 14.2. The van der Waals surface area contributed by atoms with Gasteiger partial charge in [0.1, 0.15) is 5.75 Å². The number of hydrogen-bond donors (Lipinski definition) is 0. The molecule has 0 radical (unpaired) electrons. The number of ether oxygens (including phenoxy) is 1. The molecule has 0 N–H and O–H groups in total. The monoisotopic (exact) mass is 366 g/mol. The highest BCUT2D eigenvalue weighted by atomic mass is 32.2. The summed E-state index contributed by atoms with van der Waals surface area (Å²) in [6.45, 7) is 2.78. The Morgan fingerprint density at radius 3 is 2.04 bits per heavy atom. The van der Waals surface area contributed by atoms with E-state index in [1.54, 1.807) is 28.6 Å². The zero-order valence-corrected chi connectivity index (χ0v) is 15.3. The summed E-state index contributed by atoms with van der Waals surface area (Å²) in [7, 11) is -3.42. The van der Waals surface area contributed by atoms with E-state index in [1.165, 1.54) is 6.42 Å². The summed E-state index contributed by atoms with van der Waals surface area (Å²) >= 11 is 0. The summed E-state index contributed by atoms with van der Waals surface area (Å²) in [5.41, 5.74) is 0. The Morgan fingerprint density at radius 1 is 0.880 bits per heavy atom. The molecular weight excluding hydrogens is 340 g/mol. The van der Waals surface area contributed by atoms with Crippen LogP contribution in [0.5, 0.6) is 5.75 Å². The van der Waals surface area contributed by atoms with E-state index in [0.717, 1.165) is 45.2 Å². The van der Waals surface area contributed by atoms with Gasteiger partial charge in [0.15, 0.2) is 6.61 Å². The number of nitrogens with zero attached hydrogens (tertiary/aromatic N) is 2. The van der Waals surface area contributed by atoms with Crippen LogP contribution in [0.3, 0.4) is 0 Å². The molecule has 0 unspecified atom stereocenters. The third kappa shape index (κ3) is 4.52. The zero-order chi connectivity index (χ0) is 17.7. The van der Waals surface area contributed by atoms with Crippen LogP contribution in [-0.4, -0.2) is 56.3 Å². The lowest BCUT2D eigenvalue weighted by molar-refractivity contribution is -0.134. The summed E-state index contributed by atoms with van der Waals surface area (Å²) in [5, 5.41) is 0. The number of likely N-dealkylation sites (tertiary alicyclic amines) is 1. The third-order valence-electron chi connectivity index (χ3n) is 4.85. The van der Waals surface area contributed by atoms with Crippen molar-refractivity contribution in [1.29, 1.82) is 0 Å². The molecule has 6 nitrogen and oxygen atoms in total. The van der Waals surface area contributed by atoms with Crippen LogP contribution in [0.4, 0.5) is 0 Å². The molecule has 138 valence electrons. The predicted molar refractivity (Wildman–Crippen MR) is 95.0 cm³/mol. The number of benzene rings is 1. The van der Waals surface area contributed by atoms with Gasteiger partial charge in [-0.05, 0) is 56.4 Å². The molecule has 0 spiro atoms. The minimum Gasteiger partial charge on any atom is -0.484 e. The number of amides is 1. The minimum atomic E-state index is -3.42. The second kappa shape index (κ2) is 8.19. The summed E-state index contributed by atoms with van der Waals surface area (Å²) in [6.07, 6.45) is 6.20. The maximum absolute atomic E-state index is 12.6. The Hall–Kier alpha value is -1.60. The quantitative estimate of drug-likeness (QED) is 0.802. The lowest BCUT2D eigenvalue weighted by atomic mass is 10.1. The maximum Gasteiger partial charge on any atom is 0.260 e. The van der Waals surface area contributed by atoms with Crippen LogP contribution < -0.4 is 4.74 Å². The van der Waals surface area contributed by atoms with Crippen molar-refractivity contribution >= 4 is 15.9 Å². The van der Waals surface area contributed by atoms with Crippen LogP contribution in [0, 0.1) is 0 Å². The second-order valence-electron chi connectivity index (χ2n) is 6.67. The molecule has 25 heavy (non-hydrogen) atoms. The molecule has 1 aromatic rings. The van der Waals surface area contributed by atoms with Crippen molar-refractivity contribution in [2.75, 3.05) is 32.8 Å². The van der Waals surface area contributed by atoms with Crippen LogP contribution in [0.2, 0.25) is 0 Å². The molecular formula is C18H26N2O4S. The molecule has 0 saturated carbocycles. The average Bonchev–Trinajstić information content (AvgIpc) is 2.68. The van der Waals surface area contributed by atoms with Gasteiger partial charge in [-0.3, -0.25) is 4.79 Å². The molecule has 2 saturated heterocycles. The van der Waals surface area contributed by atoms with E-state index in [9.17, 15) is 13.2 Å². The van der Waals surface area contributed by atoms with Gasteiger partial charge in [0, 0.05) is 26.2 Å². The van der Waals surface area contributed by atoms with E-state index in [4.69, 9.17) is 4.74 Å². The molecule has 1 aromatic carbocycles. The third-order valence-corrected chi connectivity index (χ3v) is 6.76. The van der Waals surface area contributed by atoms with E-state index >= 15 is 0 Å². The van der Waals surface area contributed by atoms with Crippen LogP contribution in [0.1, 0.15) is 38.5 Å². The molecule has 2 aliphatic rings. The van der Waals surface area contributed by atoms with E-state index in [-0.39, 0.29) is 17.4 Å². The summed E-state index contributed by atoms with van der Waals surface area (Å²) in [6, 6.07) is 6.37. The van der Waals surface area contributed by atoms with E-state index in [2.05, 4.69) is 0 Å². The highest BCUT2D eigenvalue weighted by Gasteiger charge is 2.25. The normalized spacial score (nSPS) is 19.6. The fourth-order valence-corrected chi connectivity index (χ4v) is 4.86. The van der Waals surface area contributed by atoms with Crippen molar-refractivity contribution in [2.24, 2.45) is 0 Å². The molecule has 0 aromatic heterocycles. The molecule has 2 heterocycles. The van der Waals surface area contributed by atoms with E-state index in [1.807, 2.05) is 4.90 Å². The van der Waals surface area contributed by atoms with E-state index in [0.29, 0.717) is 18.8 Å². The lowest BCUT2D eigenvalue weighted by Crippen LogP contribution is -2.38. The van der Waals surface area contributed by atoms with Gasteiger partial charge < -0.3 is 9.64 Å². The van der Waals surface area contributed by atoms with Gasteiger partial charge in [0.05, 0.1) is 4.90 Å². The average molecular weight is 366 g/mol. The van der Waals surface area contributed by atoms with Gasteiger partial charge in [0.25, 0.3) is 5.91 Å². The largest absolute Gasteiger partial charge is 0.484 e. The van der Waals surface area contributed by atoms with Gasteiger partial charge in [-0.15, -0.1) is 0 Å². The highest BCUT2D eigenvalue weighted by molar-refractivity contribution is 7.89. The standard InChI is InChI=1S/C18H26N2O4S/c21-18(19-11-3-1-4-12-19)15-24-16-7-9-17(10-8-16)25(22,23)20-13-5-2-6-14-20/h7-10H,1-6,11-15H2. The van der Waals surface area contributed by atoms with Crippen molar-refractivity contribution in [3.8, 4) is 5.75 Å². The first-order valence-electron chi connectivity index (χ1n) is 9.08. The van der Waals surface area contributed by atoms with Gasteiger partial charge in [-0.1, -0.05) is 6.42 Å². The van der Waals surface area contributed by atoms with E-state index < -0.39 is 10.0 Å². The van der Waals surface area contributed by atoms with Crippen molar-refractivity contribution in [2.45, 2.75) is 43.4 Å². The first-order chi connectivity index (χ1) is 12.1. The molecule has 0 atom stereocenters. The van der Waals surface area contributed by atoms with Crippen LogP contribution in [0.25, 0.3) is 0 Å². The van der Waals surface area contributed by atoms with Crippen LogP contribution in [0.15, 0.2) is 29.2 Å². The number of carbonyl (C=O) groups is 1. The van der Waals surface area contributed by atoms with Gasteiger partial charge >= 0.3 is 0 Å². The van der Waals surface area contributed by atoms with Crippen LogP contribution >= 0.6 is 0 Å². The lowest BCUT2D eigenvalue weighted by Gasteiger charge is -2.26. The molecule has 2 aliphatic heterocycles. The molecule has 0 aliphatic carbocycles. The number of sulfonamides is 1. The summed E-state index contributed by atoms with van der Waals surface area (Å²) < 4.78 is 32.3. The Bertz CT molecular complexity index is 676. The van der Waals surface area contributed by atoms with Crippen molar-refractivity contribution in [1.82, 2.24) is 9.21 Å². The second-order valence-corrected chi connectivity index (χ2v) is 8.60. The Labute approximate surface area is 149 Å². The number of rotatable bonds is 5. The highest BCUT2D eigenvalue weighted by Crippen LogP contribution is 2.22. The zero-order valence-electron chi connectivity index (χ0n) is 14.5. The Balaban J connectivity index is 1.57. The maximum atomic E-state index is 12.6. The van der Waals surface area contributed by atoms with Gasteiger partial charge in [0.2, 0.25) is 10.0 Å². The van der Waals surface area contributed by atoms with Gasteiger partial charge in [-0.25, -0.2) is 8.42 Å². The fourth-order valence-electron chi connectivity index (χ4n) is 3.34. The molecule has 2 fully saturated rings. The fraction of sp³-hybridized carbons (Fsp3) is 0.611. The number of hydrogen-bond acceptors (Lipinski definition) is 4. The van der Waals surface area contributed by atoms with Gasteiger partial charge in [-0.2, -0.15) is 4.31 Å². The van der Waals surface area contributed by atoms with Crippen LogP contribution in [-0.2, 0) is 14.8 Å². The van der Waals surface area contributed by atoms with Crippen molar-refractivity contribution in [3.63, 3.8) is 0 Å². The molecule has 1 amide bonds. The first kappa shape index (κ1) is 18.2. The smallest absolute Gasteiger partial charge is 0.260 e. The molecule has 3 rings (SSSR count). The Morgan fingerprint density at radius 2 is 1.44 bits per heavy atom. The Kier molecular flexibility index (Phi) is 5.96. The number of carbonyl (C=O) groups excluding carboxylic acids is 1. The SMILES string of the molecule is O=C(COc1ccc(S(=O)(=O)N2CCCCC2)cc1)N1CCCCC1. The molecule has 0 bridgehead atoms. The number of piperidine rings is 2. The topological polar surface area (TPSA) is 66.9 Å². The first-order valence-corrected chi connectivity index (χ1v) is 10.5. The molecule has 7 heteroatoms. The predicted octanol–water partition coefficient (Wildman–Crippen LogP) is 2.25. The summed E-state index contributed by atoms with van der Waals surface area (Å²) in [5.74, 6) is 0.507. The van der Waals surface area contributed by atoms with Crippen molar-refractivity contribution in [3.05, 3.63) is 24.3 Å². The van der Waals surface area contributed by atoms with Crippen molar-refractivity contribution < 1.29 is 17.9 Å².